The molecule has 0 aliphatic heterocycles. The molecule has 0 aromatic heterocycles. The summed E-state index contributed by atoms with van der Waals surface area (Å²) in [4.78, 5) is 24.1. The Morgan fingerprint density at radius 2 is 1.75 bits per heavy atom. The summed E-state index contributed by atoms with van der Waals surface area (Å²) in [6, 6.07) is 0.00454. The molecule has 0 aromatic carbocycles. The van der Waals surface area contributed by atoms with Crippen molar-refractivity contribution in [2.45, 2.75) is 40.7 Å². The van der Waals surface area contributed by atoms with Crippen molar-refractivity contribution in [3.8, 4) is 0 Å². The fraction of sp³-hybridized carbons (Fsp3) is 0.667. The van der Waals surface area contributed by atoms with Gasteiger partial charge in [0.2, 0.25) is 5.91 Å². The molecule has 1 amide bonds. The van der Waals surface area contributed by atoms with Crippen LogP contribution >= 0.6 is 0 Å². The zero-order valence-electron chi connectivity index (χ0n) is 10.7. The van der Waals surface area contributed by atoms with Crippen molar-refractivity contribution in [3.63, 3.8) is 0 Å². The summed E-state index contributed by atoms with van der Waals surface area (Å²) in [5, 5.41) is 8.82. The van der Waals surface area contributed by atoms with Crippen molar-refractivity contribution >= 4 is 11.9 Å². The molecule has 0 bridgehead atoms. The van der Waals surface area contributed by atoms with Crippen LogP contribution in [0.2, 0.25) is 0 Å². The molecule has 0 radical (unpaired) electrons. The van der Waals surface area contributed by atoms with Gasteiger partial charge in [0.15, 0.2) is 0 Å². The Bertz CT molecular complexity index is 291. The normalized spacial score (nSPS) is 12.1. The van der Waals surface area contributed by atoms with Crippen LogP contribution in [0.3, 0.4) is 0 Å². The minimum Gasteiger partial charge on any atom is -0.481 e. The fourth-order valence-electron chi connectivity index (χ4n) is 1.26. The highest BCUT2D eigenvalue weighted by Crippen LogP contribution is 2.07. The second-order valence-electron chi connectivity index (χ2n) is 4.55. The molecule has 0 aliphatic rings. The highest BCUT2D eigenvalue weighted by Gasteiger charge is 2.21. The summed E-state index contributed by atoms with van der Waals surface area (Å²) in [5.41, 5.74) is 0.915. The number of carboxylic acids is 1. The van der Waals surface area contributed by atoms with Crippen molar-refractivity contribution in [2.75, 3.05) is 6.54 Å². The number of aliphatic carboxylic acids is 1. The molecular formula is C12H21NO3. The highest BCUT2D eigenvalue weighted by molar-refractivity contribution is 5.88. The summed E-state index contributed by atoms with van der Waals surface area (Å²) in [6.07, 6.45) is 1.54. The van der Waals surface area contributed by atoms with E-state index < -0.39 is 11.9 Å². The van der Waals surface area contributed by atoms with Gasteiger partial charge in [-0.1, -0.05) is 12.5 Å². The van der Waals surface area contributed by atoms with Gasteiger partial charge in [-0.05, 0) is 27.7 Å². The number of amides is 1. The maximum absolute atomic E-state index is 11.8. The number of carbonyl (C=O) groups excluding carboxylic acids is 1. The highest BCUT2D eigenvalue weighted by atomic mass is 16.4. The van der Waals surface area contributed by atoms with Gasteiger partial charge >= 0.3 is 5.97 Å². The van der Waals surface area contributed by atoms with Crippen LogP contribution < -0.4 is 0 Å². The molecule has 0 fully saturated rings. The SMILES string of the molecule is CC(C)=CC(=O)N(CC(C)C(=O)O)C(C)C. The van der Waals surface area contributed by atoms with Gasteiger partial charge in [-0.15, -0.1) is 0 Å². The first kappa shape index (κ1) is 14.7. The summed E-state index contributed by atoms with van der Waals surface area (Å²) in [6.45, 7) is 9.30. The van der Waals surface area contributed by atoms with Gasteiger partial charge in [-0.3, -0.25) is 9.59 Å². The Balaban J connectivity index is 4.69. The first-order valence-corrected chi connectivity index (χ1v) is 5.44. The van der Waals surface area contributed by atoms with Crippen molar-refractivity contribution < 1.29 is 14.7 Å². The van der Waals surface area contributed by atoms with Crippen molar-refractivity contribution in [3.05, 3.63) is 11.6 Å². The van der Waals surface area contributed by atoms with Crippen LogP contribution in [0.4, 0.5) is 0 Å². The van der Waals surface area contributed by atoms with Gasteiger partial charge in [0, 0.05) is 18.7 Å². The molecule has 0 aromatic rings. The lowest BCUT2D eigenvalue weighted by Crippen LogP contribution is -2.40. The Morgan fingerprint density at radius 3 is 2.06 bits per heavy atom. The third kappa shape index (κ3) is 4.96. The first-order chi connectivity index (χ1) is 7.25. The minimum absolute atomic E-state index is 0.00454. The molecule has 4 heteroatoms. The van der Waals surface area contributed by atoms with Crippen LogP contribution in [0.15, 0.2) is 11.6 Å². The zero-order valence-corrected chi connectivity index (χ0v) is 10.7. The topological polar surface area (TPSA) is 57.6 Å². The molecule has 0 spiro atoms. The fourth-order valence-corrected chi connectivity index (χ4v) is 1.26. The lowest BCUT2D eigenvalue weighted by molar-refractivity contribution is -0.142. The van der Waals surface area contributed by atoms with Crippen molar-refractivity contribution in [1.82, 2.24) is 4.90 Å². The Hall–Kier alpha value is -1.32. The number of nitrogens with zero attached hydrogens (tertiary/aromatic N) is 1. The van der Waals surface area contributed by atoms with E-state index >= 15 is 0 Å². The van der Waals surface area contributed by atoms with Crippen molar-refractivity contribution in [2.24, 2.45) is 5.92 Å². The maximum Gasteiger partial charge on any atom is 0.308 e. The van der Waals surface area contributed by atoms with Crippen molar-refractivity contribution in [1.29, 1.82) is 0 Å². The molecule has 1 unspecified atom stereocenters. The predicted molar refractivity (Wildman–Crippen MR) is 63.1 cm³/mol. The van der Waals surface area contributed by atoms with E-state index in [0.29, 0.717) is 0 Å². The largest absolute Gasteiger partial charge is 0.481 e. The maximum atomic E-state index is 11.8. The standard InChI is InChI=1S/C12H21NO3/c1-8(2)6-11(14)13(9(3)4)7-10(5)12(15)16/h6,9-10H,7H2,1-5H3,(H,15,16). The molecule has 16 heavy (non-hydrogen) atoms. The number of carboxylic acid groups (broad SMARTS) is 1. The predicted octanol–water partition coefficient (Wildman–Crippen LogP) is 1.91. The number of hydrogen-bond donors (Lipinski definition) is 1. The molecular weight excluding hydrogens is 206 g/mol. The van der Waals surface area contributed by atoms with E-state index in [9.17, 15) is 9.59 Å². The molecule has 1 atom stereocenters. The van der Waals surface area contributed by atoms with Crippen LogP contribution in [-0.4, -0.2) is 34.5 Å². The minimum atomic E-state index is -0.879. The van der Waals surface area contributed by atoms with Gasteiger partial charge in [0.1, 0.15) is 0 Å². The summed E-state index contributed by atoms with van der Waals surface area (Å²) < 4.78 is 0. The quantitative estimate of drug-likeness (QED) is 0.730. The van der Waals surface area contributed by atoms with E-state index in [0.717, 1.165) is 5.57 Å². The van der Waals surface area contributed by atoms with Gasteiger partial charge < -0.3 is 10.0 Å². The summed E-state index contributed by atoms with van der Waals surface area (Å²) in [7, 11) is 0. The Kier molecular flexibility index (Phi) is 5.78. The summed E-state index contributed by atoms with van der Waals surface area (Å²) >= 11 is 0. The number of carbonyl (C=O) groups is 2. The molecule has 0 rings (SSSR count). The van der Waals surface area contributed by atoms with Crippen LogP contribution in [0.1, 0.15) is 34.6 Å². The average molecular weight is 227 g/mol. The van der Waals surface area contributed by atoms with E-state index in [1.165, 1.54) is 6.08 Å². The van der Waals surface area contributed by atoms with Gasteiger partial charge in [-0.2, -0.15) is 0 Å². The molecule has 92 valence electrons. The third-order valence-electron chi connectivity index (χ3n) is 2.21. The van der Waals surface area contributed by atoms with E-state index in [2.05, 4.69) is 0 Å². The second-order valence-corrected chi connectivity index (χ2v) is 4.55. The molecule has 1 N–H and O–H groups in total. The number of rotatable bonds is 5. The Labute approximate surface area is 96.9 Å². The molecule has 0 saturated carbocycles. The van der Waals surface area contributed by atoms with E-state index in [1.54, 1.807) is 11.8 Å². The summed E-state index contributed by atoms with van der Waals surface area (Å²) in [5.74, 6) is -1.55. The van der Waals surface area contributed by atoms with E-state index in [4.69, 9.17) is 5.11 Å². The molecule has 0 aliphatic carbocycles. The number of allylic oxidation sites excluding steroid dienone is 1. The second kappa shape index (κ2) is 6.30. The third-order valence-corrected chi connectivity index (χ3v) is 2.21. The van der Waals surface area contributed by atoms with E-state index in [1.807, 2.05) is 27.7 Å². The van der Waals surface area contributed by atoms with E-state index in [-0.39, 0.29) is 18.5 Å². The lowest BCUT2D eigenvalue weighted by Gasteiger charge is -2.27. The zero-order chi connectivity index (χ0) is 12.9. The molecule has 0 saturated heterocycles. The van der Waals surface area contributed by atoms with Crippen LogP contribution in [0.5, 0.6) is 0 Å². The first-order valence-electron chi connectivity index (χ1n) is 5.44. The van der Waals surface area contributed by atoms with Gasteiger partial charge in [0.25, 0.3) is 0 Å². The smallest absolute Gasteiger partial charge is 0.308 e. The van der Waals surface area contributed by atoms with Crippen LogP contribution in [0.25, 0.3) is 0 Å². The van der Waals surface area contributed by atoms with Gasteiger partial charge in [-0.25, -0.2) is 0 Å². The monoisotopic (exact) mass is 227 g/mol. The van der Waals surface area contributed by atoms with Crippen LogP contribution in [-0.2, 0) is 9.59 Å². The molecule has 4 nitrogen and oxygen atoms in total. The Morgan fingerprint density at radius 1 is 1.25 bits per heavy atom. The average Bonchev–Trinajstić information content (AvgIpc) is 2.11. The van der Waals surface area contributed by atoms with Crippen LogP contribution in [0, 0.1) is 5.92 Å². The number of hydrogen-bond acceptors (Lipinski definition) is 2. The molecule has 0 heterocycles. The lowest BCUT2D eigenvalue weighted by atomic mass is 10.1. The van der Waals surface area contributed by atoms with Gasteiger partial charge in [0.05, 0.1) is 5.92 Å².